The number of unbranched alkanes of at least 4 members (excludes halogenated alkanes) is 5. The number of hydrogen-bond acceptors (Lipinski definition) is 5. The van der Waals surface area contributed by atoms with E-state index in [1.807, 2.05) is 0 Å². The second-order valence-electron chi connectivity index (χ2n) is 17.4. The molecule has 0 bridgehead atoms. The average molecular weight is 802 g/mol. The van der Waals surface area contributed by atoms with Crippen molar-refractivity contribution in [3.63, 3.8) is 0 Å². The number of carboxylic acid groups (broad SMARTS) is 1. The van der Waals surface area contributed by atoms with Gasteiger partial charge >= 0.3 is 5.97 Å². The summed E-state index contributed by atoms with van der Waals surface area (Å²) in [6, 6.07) is 30.6. The van der Waals surface area contributed by atoms with Gasteiger partial charge in [0.05, 0.1) is 11.1 Å². The maximum Gasteiger partial charge on any atom is 0.335 e. The number of fused-ring (bicyclic) bond motifs is 7. The Morgan fingerprint density at radius 3 is 2.29 bits per heavy atom. The molecule has 0 spiro atoms. The van der Waals surface area contributed by atoms with E-state index >= 15 is 0 Å². The van der Waals surface area contributed by atoms with Gasteiger partial charge < -0.3 is 10.0 Å². The lowest BCUT2D eigenvalue weighted by Crippen LogP contribution is -2.28. The highest BCUT2D eigenvalue weighted by atomic mass is 32.1. The minimum Gasteiger partial charge on any atom is -0.478 e. The monoisotopic (exact) mass is 801 g/mol. The summed E-state index contributed by atoms with van der Waals surface area (Å²) in [6.45, 7) is 6.85. The van der Waals surface area contributed by atoms with Crippen LogP contribution in [0.3, 0.4) is 0 Å². The number of aromatic carboxylic acids is 1. The Balaban J connectivity index is 1.09. The van der Waals surface area contributed by atoms with Gasteiger partial charge in [0.2, 0.25) is 0 Å². The Hall–Kier alpha value is -5.07. The van der Waals surface area contributed by atoms with E-state index in [1.165, 1.54) is 127 Å². The first-order chi connectivity index (χ1) is 28.8. The zero-order chi connectivity index (χ0) is 40.8. The number of carboxylic acids is 1. The van der Waals surface area contributed by atoms with Crippen LogP contribution in [0.1, 0.15) is 168 Å². The number of thiophene rings is 1. The van der Waals surface area contributed by atoms with Crippen LogP contribution in [0.5, 0.6) is 0 Å². The molecule has 9 rings (SSSR count). The van der Waals surface area contributed by atoms with E-state index in [4.69, 9.17) is 0 Å². The number of rotatable bonds is 15. The van der Waals surface area contributed by atoms with Gasteiger partial charge in [-0.25, -0.2) is 4.79 Å². The maximum absolute atomic E-state index is 13.6. The molecule has 4 aliphatic rings. The highest BCUT2D eigenvalue weighted by Crippen LogP contribution is 2.58. The molecule has 2 atom stereocenters. The number of aryl methyl sites for hydroxylation is 1. The highest BCUT2D eigenvalue weighted by molar-refractivity contribution is 7.16. The van der Waals surface area contributed by atoms with Crippen LogP contribution in [-0.2, 0) is 11.8 Å². The van der Waals surface area contributed by atoms with Gasteiger partial charge in [-0.15, -0.1) is 11.3 Å². The summed E-state index contributed by atoms with van der Waals surface area (Å²) in [4.78, 5) is 43.6. The Morgan fingerprint density at radius 2 is 1.51 bits per heavy atom. The van der Waals surface area contributed by atoms with Crippen LogP contribution >= 0.6 is 11.3 Å². The lowest BCUT2D eigenvalue weighted by molar-refractivity contribution is 0.0696. The summed E-state index contributed by atoms with van der Waals surface area (Å²) in [5.41, 5.74) is 12.9. The normalized spacial score (nSPS) is 19.0. The molecule has 5 aromatic rings. The van der Waals surface area contributed by atoms with E-state index in [1.54, 1.807) is 17.4 Å². The average Bonchev–Trinajstić information content (AvgIpc) is 4.06. The van der Waals surface area contributed by atoms with Crippen molar-refractivity contribution in [1.29, 1.82) is 0 Å². The van der Waals surface area contributed by atoms with Crippen molar-refractivity contribution in [2.45, 2.75) is 128 Å². The van der Waals surface area contributed by atoms with Gasteiger partial charge in [0, 0.05) is 49.6 Å². The molecule has 2 heterocycles. The van der Waals surface area contributed by atoms with Crippen molar-refractivity contribution in [3.05, 3.63) is 134 Å². The number of Topliss-reactive ketones (excluding diaryl/α,β-unsaturated/α-hetero) is 2. The number of ketones is 2. The zero-order valence-electron chi connectivity index (χ0n) is 34.7. The number of nitrogens with zero attached hydrogens (tertiary/aromatic N) is 1. The third-order valence-corrected chi connectivity index (χ3v) is 15.1. The summed E-state index contributed by atoms with van der Waals surface area (Å²) >= 11 is 1.65. The number of anilines is 2. The summed E-state index contributed by atoms with van der Waals surface area (Å²) < 4.78 is 0. The van der Waals surface area contributed by atoms with Gasteiger partial charge in [-0.2, -0.15) is 0 Å². The molecule has 5 nitrogen and oxygen atoms in total. The molecule has 0 saturated heterocycles. The molecule has 1 fully saturated rings. The van der Waals surface area contributed by atoms with Gasteiger partial charge in [0.15, 0.2) is 11.6 Å². The van der Waals surface area contributed by atoms with Crippen molar-refractivity contribution in [3.8, 4) is 21.6 Å². The largest absolute Gasteiger partial charge is 0.478 e. The Kier molecular flexibility index (Phi) is 10.8. The Labute approximate surface area is 353 Å². The van der Waals surface area contributed by atoms with Gasteiger partial charge in [0.1, 0.15) is 0 Å². The number of hydrogen-bond donors (Lipinski definition) is 1. The molecule has 1 saturated carbocycles. The van der Waals surface area contributed by atoms with Gasteiger partial charge in [0.25, 0.3) is 0 Å². The number of carbonyl (C=O) groups is 3. The lowest BCUT2D eigenvalue weighted by Gasteiger charge is -2.34. The first-order valence-corrected chi connectivity index (χ1v) is 23.1. The summed E-state index contributed by atoms with van der Waals surface area (Å²) in [5, 5.41) is 9.54. The number of benzene rings is 4. The second kappa shape index (κ2) is 16.2. The molecular formula is C53H55NO4S. The third kappa shape index (κ3) is 6.72. The quantitative estimate of drug-likeness (QED) is 0.0648. The fraction of sp³-hybridized carbons (Fsp3) is 0.377. The van der Waals surface area contributed by atoms with Gasteiger partial charge in [-0.05, 0) is 132 Å². The van der Waals surface area contributed by atoms with Crippen LogP contribution in [0.15, 0.2) is 90.5 Å². The molecule has 4 aromatic carbocycles. The van der Waals surface area contributed by atoms with Crippen molar-refractivity contribution >= 4 is 46.3 Å². The van der Waals surface area contributed by atoms with E-state index in [2.05, 4.69) is 92.4 Å². The summed E-state index contributed by atoms with van der Waals surface area (Å²) in [5.74, 6) is -1.37. The smallest absolute Gasteiger partial charge is 0.335 e. The predicted molar refractivity (Wildman–Crippen MR) is 242 cm³/mol. The Bertz CT molecular complexity index is 2500. The molecule has 59 heavy (non-hydrogen) atoms. The number of allylic oxidation sites excluding steroid dienone is 1. The van der Waals surface area contributed by atoms with Gasteiger partial charge in [-0.1, -0.05) is 109 Å². The first-order valence-electron chi connectivity index (χ1n) is 22.3. The van der Waals surface area contributed by atoms with Crippen LogP contribution in [0.25, 0.3) is 27.6 Å². The molecule has 302 valence electrons. The molecular weight excluding hydrogens is 747 g/mol. The topological polar surface area (TPSA) is 74.7 Å². The second-order valence-corrected chi connectivity index (χ2v) is 18.5. The van der Waals surface area contributed by atoms with Crippen LogP contribution < -0.4 is 4.90 Å². The molecule has 0 amide bonds. The minimum absolute atomic E-state index is 0.00894. The van der Waals surface area contributed by atoms with E-state index in [0.717, 1.165) is 41.0 Å². The van der Waals surface area contributed by atoms with Crippen molar-refractivity contribution in [2.24, 2.45) is 0 Å². The van der Waals surface area contributed by atoms with Crippen molar-refractivity contribution < 1.29 is 19.5 Å². The molecule has 1 N–H and O–H groups in total. The lowest BCUT2D eigenvalue weighted by atomic mass is 9.71. The number of carbonyl (C=O) groups excluding carboxylic acids is 2. The molecule has 2 unspecified atom stereocenters. The maximum atomic E-state index is 13.6. The van der Waals surface area contributed by atoms with E-state index < -0.39 is 11.8 Å². The molecule has 1 aromatic heterocycles. The Morgan fingerprint density at radius 1 is 0.763 bits per heavy atom. The molecule has 0 radical (unpaired) electrons. The van der Waals surface area contributed by atoms with E-state index in [-0.39, 0.29) is 33.5 Å². The fourth-order valence-electron chi connectivity index (χ4n) is 10.9. The third-order valence-electron chi connectivity index (χ3n) is 13.9. The molecule has 6 heteroatoms. The molecule has 3 aliphatic carbocycles. The summed E-state index contributed by atoms with van der Waals surface area (Å²) in [7, 11) is 0. The van der Waals surface area contributed by atoms with Crippen molar-refractivity contribution in [2.75, 3.05) is 4.90 Å². The molecule has 1 aliphatic heterocycles. The summed E-state index contributed by atoms with van der Waals surface area (Å²) in [6.07, 6.45) is 17.9. The van der Waals surface area contributed by atoms with E-state index in [0.29, 0.717) is 12.0 Å². The van der Waals surface area contributed by atoms with Crippen LogP contribution in [-0.4, -0.2) is 28.7 Å². The SMILES string of the molecule is CCCCCCc1cc(-c2ccc3c(c2)C2CCCC2N3c2ccc3c(c2)C(CCCC)(CCCC)c2ccccc2-3)sc1/C=C1/C(=O)c2ccc(C(=O)O)cc2C1=O. The fourth-order valence-corrected chi connectivity index (χ4v) is 12.1. The van der Waals surface area contributed by atoms with Crippen LogP contribution in [0.2, 0.25) is 0 Å². The first kappa shape index (κ1) is 39.4. The standard InChI is InChI=1S/C53H55NO4S/c1-4-7-10-11-15-33-30-48(59-49(33)32-43-50(55)40-23-20-35(52(57)58)29-42(40)51(43)56)34-21-25-47-41(28-34)39-17-14-19-46(39)54(47)36-22-24-38-37-16-12-13-18-44(37)53(26-8-5-2,27-9-6-3)45(38)31-36/h12-13,16,18,20-25,28-32,39,46H,4-11,14-15,17,19,26-27H2,1-3H3,(H,57,58)/b43-32-. The minimum atomic E-state index is -1.12. The van der Waals surface area contributed by atoms with Crippen LogP contribution in [0, 0.1) is 0 Å². The zero-order valence-corrected chi connectivity index (χ0v) is 35.6. The van der Waals surface area contributed by atoms with E-state index in [9.17, 15) is 19.5 Å². The van der Waals surface area contributed by atoms with Crippen LogP contribution in [0.4, 0.5) is 11.4 Å². The van der Waals surface area contributed by atoms with Gasteiger partial charge in [-0.3, -0.25) is 9.59 Å². The highest BCUT2D eigenvalue weighted by Gasteiger charge is 2.45. The van der Waals surface area contributed by atoms with Crippen molar-refractivity contribution in [1.82, 2.24) is 0 Å². The predicted octanol–water partition coefficient (Wildman–Crippen LogP) is 14.1.